The minimum absolute atomic E-state index is 0.0223. The minimum atomic E-state index is -4.10. The predicted molar refractivity (Wildman–Crippen MR) is 209 cm³/mol. The molecule has 2 amide bonds. The van der Waals surface area contributed by atoms with Gasteiger partial charge in [-0.25, -0.2) is 9.38 Å². The van der Waals surface area contributed by atoms with Crippen LogP contribution in [0.2, 0.25) is 0 Å². The third kappa shape index (κ3) is 12.7. The molecule has 2 aliphatic heterocycles. The van der Waals surface area contributed by atoms with E-state index in [0.717, 1.165) is 42.0 Å². The van der Waals surface area contributed by atoms with Gasteiger partial charge in [0.2, 0.25) is 10.7 Å². The lowest BCUT2D eigenvalue weighted by Gasteiger charge is -2.31. The molecule has 0 aliphatic carbocycles. The number of aryl methyl sites for hydroxylation is 2. The van der Waals surface area contributed by atoms with Gasteiger partial charge in [-0.15, -0.1) is 18.0 Å². The van der Waals surface area contributed by atoms with E-state index in [-0.39, 0.29) is 48.0 Å². The molecule has 0 saturated heterocycles. The molecule has 0 saturated carbocycles. The Hall–Kier alpha value is -4.14. The number of amides is 2. The van der Waals surface area contributed by atoms with Gasteiger partial charge in [-0.2, -0.15) is 4.37 Å². The molecule has 1 atom stereocenters. The zero-order valence-corrected chi connectivity index (χ0v) is 34.0. The van der Waals surface area contributed by atoms with Crippen molar-refractivity contribution in [1.82, 2.24) is 14.3 Å². The van der Waals surface area contributed by atoms with E-state index in [9.17, 15) is 23.3 Å². The monoisotopic (exact) mass is 824 g/mol. The number of fused-ring (bicyclic) bond motifs is 2. The zero-order chi connectivity index (χ0) is 41.1. The summed E-state index contributed by atoms with van der Waals surface area (Å²) in [7, 11) is -2.46. The summed E-state index contributed by atoms with van der Waals surface area (Å²) >= 11 is 7.00. The number of anilines is 2. The molecule has 5 rings (SSSR count). The lowest BCUT2D eigenvalue weighted by atomic mass is 9.92. The quantitative estimate of drug-likeness (QED) is 0.116. The second-order valence-corrected chi connectivity index (χ2v) is 16.1. The van der Waals surface area contributed by atoms with E-state index < -0.39 is 32.2 Å². The summed E-state index contributed by atoms with van der Waals surface area (Å²) in [6.45, 7) is 11.2. The van der Waals surface area contributed by atoms with Gasteiger partial charge in [0.1, 0.15) is 23.1 Å². The maximum Gasteiger partial charge on any atom is 0.339 e. The number of para-hydroxylation sites is 1. The van der Waals surface area contributed by atoms with Gasteiger partial charge in [0.25, 0.3) is 5.91 Å². The SMILES string of the molecule is C#CCN1C(=O)COc2cc(F)c(N=c3snc4n3CC(C)(C)C4)cc21.CCc1cccc(C)c1N(C(=O)CCl)C(C)COC.O=C(O)CNCP(=O)(O)O. The molecule has 1 aromatic heterocycles. The first-order valence-electron chi connectivity index (χ1n) is 17.1. The number of carbonyl (C=O) groups is 3. The lowest BCUT2D eigenvalue weighted by Crippen LogP contribution is -2.43. The predicted octanol–water partition coefficient (Wildman–Crippen LogP) is 4.22. The number of carbonyl (C=O) groups excluding carboxylic acids is 2. The van der Waals surface area contributed by atoms with Gasteiger partial charge < -0.3 is 33.8 Å². The number of nitrogens with zero attached hydrogens (tertiary/aromatic N) is 5. The van der Waals surface area contributed by atoms with Crippen molar-refractivity contribution < 1.29 is 47.7 Å². The van der Waals surface area contributed by atoms with Crippen molar-refractivity contribution in [1.29, 1.82) is 0 Å². The summed E-state index contributed by atoms with van der Waals surface area (Å²) in [6.07, 6.45) is 6.50. The number of carboxylic acid groups (broad SMARTS) is 1. The van der Waals surface area contributed by atoms with E-state index >= 15 is 0 Å². The van der Waals surface area contributed by atoms with E-state index in [2.05, 4.69) is 47.4 Å². The van der Waals surface area contributed by atoms with E-state index in [1.807, 2.05) is 30.5 Å². The Balaban J connectivity index is 0.000000246. The van der Waals surface area contributed by atoms with Gasteiger partial charge in [0.05, 0.1) is 43.4 Å². The number of alkyl halides is 1. The van der Waals surface area contributed by atoms with Gasteiger partial charge in [-0.05, 0) is 42.9 Å². The van der Waals surface area contributed by atoms with Gasteiger partial charge in [-0.3, -0.25) is 29.2 Å². The zero-order valence-electron chi connectivity index (χ0n) is 31.5. The number of rotatable bonds is 12. The summed E-state index contributed by atoms with van der Waals surface area (Å²) in [6, 6.07) is 8.80. The van der Waals surface area contributed by atoms with E-state index in [1.165, 1.54) is 28.6 Å². The summed E-state index contributed by atoms with van der Waals surface area (Å²) < 4.78 is 41.6. The third-order valence-electron chi connectivity index (χ3n) is 8.20. The van der Waals surface area contributed by atoms with E-state index in [0.29, 0.717) is 22.8 Å². The molecule has 3 heterocycles. The molecule has 2 aliphatic rings. The highest BCUT2D eigenvalue weighted by Crippen LogP contribution is 2.38. The van der Waals surface area contributed by atoms with Crippen molar-refractivity contribution in [3.05, 3.63) is 57.9 Å². The fraction of sp³-hybridized carbons (Fsp3) is 0.472. The van der Waals surface area contributed by atoms with Crippen molar-refractivity contribution in [2.45, 2.75) is 60.0 Å². The molecule has 300 valence electrons. The number of hydrogen-bond donors (Lipinski definition) is 4. The highest BCUT2D eigenvalue weighted by atomic mass is 35.5. The van der Waals surface area contributed by atoms with Crippen LogP contribution in [0, 0.1) is 30.5 Å². The van der Waals surface area contributed by atoms with Crippen LogP contribution < -0.4 is 24.7 Å². The Morgan fingerprint density at radius 1 is 1.33 bits per heavy atom. The van der Waals surface area contributed by atoms with Gasteiger partial charge in [0.15, 0.2) is 12.4 Å². The van der Waals surface area contributed by atoms with Crippen LogP contribution in [0.15, 0.2) is 35.3 Å². The molecule has 1 unspecified atom stereocenters. The van der Waals surface area contributed by atoms with Crippen LogP contribution >= 0.6 is 30.7 Å². The van der Waals surface area contributed by atoms with Gasteiger partial charge in [-0.1, -0.05) is 44.9 Å². The van der Waals surface area contributed by atoms with Crippen LogP contribution in [-0.4, -0.2) is 93.2 Å². The number of terminal acetylenes is 1. The highest BCUT2D eigenvalue weighted by Gasteiger charge is 2.31. The van der Waals surface area contributed by atoms with Crippen molar-refractivity contribution >= 4 is 65.6 Å². The number of hydrogen-bond acceptors (Lipinski definition) is 10. The summed E-state index contributed by atoms with van der Waals surface area (Å²) in [4.78, 5) is 58.7. The molecular weight excluding hydrogens is 778 g/mol. The maximum atomic E-state index is 14.5. The van der Waals surface area contributed by atoms with Crippen LogP contribution in [0.3, 0.4) is 0 Å². The number of ether oxygens (including phenoxy) is 2. The highest BCUT2D eigenvalue weighted by molar-refractivity contribution is 7.51. The normalized spacial score (nSPS) is 15.0. The van der Waals surface area contributed by atoms with Crippen LogP contribution in [-0.2, 0) is 43.1 Å². The number of aromatic nitrogens is 2. The number of aliphatic carboxylic acids is 1. The number of halogens is 2. The standard InChI is InChI=1S/C18H17FN4O2S.C15H22ClNO2.C3H8NO5P/c1-4-5-22-13-7-12(11(19)6-14(13)25-9-16(22)24)20-17-23-10-18(2,3)8-15(23)21-26-17;1-5-13-8-6-7-11(2)15(13)17(14(18)9-16)12(3)10-19-4;5-3(6)1-4-2-10(7,8)9/h1,6-7H,5,8-10H2,2-3H3;6-8,12H,5,9-10H2,1-4H3;4H,1-2H2,(H,5,6)(H2,7,8,9). The lowest BCUT2D eigenvalue weighted by molar-refractivity contribution is -0.135. The third-order valence-corrected chi connectivity index (χ3v) is 9.84. The molecule has 4 N–H and O–H groups in total. The maximum absolute atomic E-state index is 14.5. The van der Waals surface area contributed by atoms with Crippen molar-refractivity contribution in [2.75, 3.05) is 55.4 Å². The molecule has 0 fully saturated rings. The first kappa shape index (κ1) is 45.3. The van der Waals surface area contributed by atoms with Crippen molar-refractivity contribution in [3.8, 4) is 18.1 Å². The van der Waals surface area contributed by atoms with Crippen molar-refractivity contribution in [2.24, 2.45) is 10.4 Å². The Labute approximate surface area is 328 Å². The Morgan fingerprint density at radius 2 is 2.04 bits per heavy atom. The Bertz CT molecular complexity index is 2010. The molecule has 0 bridgehead atoms. The van der Waals surface area contributed by atoms with Gasteiger partial charge >= 0.3 is 13.6 Å². The number of methoxy groups -OCH3 is 1. The smallest absolute Gasteiger partial charge is 0.339 e. The topological polar surface area (TPSA) is 196 Å². The fourth-order valence-corrected chi connectivity index (χ4v) is 7.16. The average molecular weight is 825 g/mol. The van der Waals surface area contributed by atoms with Crippen LogP contribution in [0.1, 0.15) is 44.6 Å². The number of nitrogens with one attached hydrogen (secondary N) is 1. The molecule has 19 heteroatoms. The summed E-state index contributed by atoms with van der Waals surface area (Å²) in [5, 5.41) is 10.1. The Morgan fingerprint density at radius 3 is 2.64 bits per heavy atom. The summed E-state index contributed by atoms with van der Waals surface area (Å²) in [5.74, 6) is 1.67. The number of carboxylic acids is 1. The van der Waals surface area contributed by atoms with Crippen molar-refractivity contribution in [3.63, 3.8) is 0 Å². The molecule has 2 aromatic carbocycles. The molecule has 0 spiro atoms. The van der Waals surface area contributed by atoms with E-state index in [1.54, 1.807) is 12.0 Å². The first-order chi connectivity index (χ1) is 25.9. The van der Waals surface area contributed by atoms with Crippen LogP contribution in [0.4, 0.5) is 21.5 Å². The second kappa shape index (κ2) is 20.1. The first-order valence-corrected chi connectivity index (χ1v) is 20.2. The largest absolute Gasteiger partial charge is 0.481 e. The molecule has 3 aromatic rings. The van der Waals surface area contributed by atoms with Crippen LogP contribution in [0.5, 0.6) is 5.75 Å². The Kier molecular flexibility index (Phi) is 16.6. The molecule has 0 radical (unpaired) electrons. The van der Waals surface area contributed by atoms with Gasteiger partial charge in [0, 0.05) is 37.7 Å². The molecule has 15 nitrogen and oxygen atoms in total. The van der Waals surface area contributed by atoms with E-state index in [4.69, 9.17) is 42.4 Å². The minimum Gasteiger partial charge on any atom is -0.481 e. The fourth-order valence-electron chi connectivity index (χ4n) is 5.88. The molecule has 55 heavy (non-hydrogen) atoms. The molecular formula is C36H47ClFN6O9PS. The number of benzene rings is 2. The van der Waals surface area contributed by atoms with Crippen LogP contribution in [0.25, 0.3) is 0 Å². The second-order valence-electron chi connectivity index (χ2n) is 13.4. The average Bonchev–Trinajstić information content (AvgIpc) is 3.61. The summed E-state index contributed by atoms with van der Waals surface area (Å²) in [5.41, 5.74) is 3.89.